The molecule has 0 radical (unpaired) electrons. The van der Waals surface area contributed by atoms with Gasteiger partial charge in [-0.3, -0.25) is 0 Å². The summed E-state index contributed by atoms with van der Waals surface area (Å²) in [7, 11) is 1.78. The molecule has 1 aromatic carbocycles. The van der Waals surface area contributed by atoms with Gasteiger partial charge in [-0.2, -0.15) is 0 Å². The maximum absolute atomic E-state index is 13.9. The average Bonchev–Trinajstić information content (AvgIpc) is 2.73. The van der Waals surface area contributed by atoms with Crippen molar-refractivity contribution in [2.45, 2.75) is 19.9 Å². The second kappa shape index (κ2) is 5.16. The van der Waals surface area contributed by atoms with E-state index in [0.29, 0.717) is 11.1 Å². The third kappa shape index (κ3) is 2.44. The molecule has 0 aliphatic carbocycles. The lowest BCUT2D eigenvalue weighted by Crippen LogP contribution is -2.18. The Morgan fingerprint density at radius 3 is 2.39 bits per heavy atom. The van der Waals surface area contributed by atoms with Crippen molar-refractivity contribution in [2.75, 3.05) is 7.05 Å². The van der Waals surface area contributed by atoms with E-state index < -0.39 is 11.6 Å². The Hall–Kier alpha value is -1.26. The fourth-order valence-corrected chi connectivity index (χ4v) is 2.97. The van der Waals surface area contributed by atoms with Gasteiger partial charge < -0.3 is 5.32 Å². The molecule has 0 saturated carbocycles. The lowest BCUT2D eigenvalue weighted by atomic mass is 10.0. The van der Waals surface area contributed by atoms with E-state index in [1.807, 2.05) is 19.1 Å². The second-order valence-electron chi connectivity index (χ2n) is 4.29. The summed E-state index contributed by atoms with van der Waals surface area (Å²) in [5.74, 6) is -1.02. The van der Waals surface area contributed by atoms with E-state index in [4.69, 9.17) is 0 Å². The van der Waals surface area contributed by atoms with Crippen molar-refractivity contribution >= 4 is 11.3 Å². The Morgan fingerprint density at radius 1 is 1.11 bits per heavy atom. The zero-order valence-electron chi connectivity index (χ0n) is 10.6. The van der Waals surface area contributed by atoms with Crippen LogP contribution < -0.4 is 5.32 Å². The summed E-state index contributed by atoms with van der Waals surface area (Å²) >= 11 is 1.61. The third-order valence-electron chi connectivity index (χ3n) is 2.92. The van der Waals surface area contributed by atoms with E-state index in [0.717, 1.165) is 10.9 Å². The zero-order valence-corrected chi connectivity index (χ0v) is 11.4. The van der Waals surface area contributed by atoms with Crippen molar-refractivity contribution in [3.8, 4) is 0 Å². The van der Waals surface area contributed by atoms with Crippen LogP contribution in [0.5, 0.6) is 0 Å². The Kier molecular flexibility index (Phi) is 3.78. The van der Waals surface area contributed by atoms with Gasteiger partial charge in [-0.1, -0.05) is 0 Å². The summed E-state index contributed by atoms with van der Waals surface area (Å²) in [5.41, 5.74) is 0.943. The first-order valence-corrected chi connectivity index (χ1v) is 6.53. The number of aryl methyl sites for hydroxylation is 2. The molecule has 1 heterocycles. The first-order chi connectivity index (χ1) is 8.52. The molecule has 2 aromatic rings. The van der Waals surface area contributed by atoms with Crippen molar-refractivity contribution in [1.82, 2.24) is 5.32 Å². The monoisotopic (exact) mass is 267 g/mol. The highest BCUT2D eigenvalue weighted by molar-refractivity contribution is 7.12. The Balaban J connectivity index is 2.48. The summed E-state index contributed by atoms with van der Waals surface area (Å²) in [5, 5.41) is 3.08. The van der Waals surface area contributed by atoms with E-state index in [1.165, 1.54) is 4.88 Å². The molecule has 96 valence electrons. The minimum absolute atomic E-state index is 0.233. The lowest BCUT2D eigenvalue weighted by molar-refractivity contribution is 0.549. The summed E-state index contributed by atoms with van der Waals surface area (Å²) in [4.78, 5) is 2.20. The predicted octanol–water partition coefficient (Wildman–Crippen LogP) is 3.95. The molecule has 0 aliphatic heterocycles. The van der Waals surface area contributed by atoms with Crippen molar-refractivity contribution in [1.29, 1.82) is 0 Å². The van der Waals surface area contributed by atoms with Gasteiger partial charge in [0.25, 0.3) is 0 Å². The highest BCUT2D eigenvalue weighted by Crippen LogP contribution is 2.30. The molecular weight excluding hydrogens is 252 g/mol. The molecule has 18 heavy (non-hydrogen) atoms. The summed E-state index contributed by atoms with van der Waals surface area (Å²) < 4.78 is 27.2. The van der Waals surface area contributed by atoms with Gasteiger partial charge in [0.15, 0.2) is 0 Å². The quantitative estimate of drug-likeness (QED) is 0.887. The van der Waals surface area contributed by atoms with E-state index in [-0.39, 0.29) is 6.04 Å². The standard InChI is InChI=1S/C14H15F2NS/c1-8-6-10(12(16)7-11(8)15)14(17-3)13-5-4-9(2)18-13/h4-7,14,17H,1-3H3. The summed E-state index contributed by atoms with van der Waals surface area (Å²) in [6, 6.07) is 6.26. The van der Waals surface area contributed by atoms with Crippen molar-refractivity contribution in [2.24, 2.45) is 0 Å². The van der Waals surface area contributed by atoms with Gasteiger partial charge in [0, 0.05) is 21.4 Å². The largest absolute Gasteiger partial charge is 0.309 e. The Labute approximate surface area is 109 Å². The average molecular weight is 267 g/mol. The van der Waals surface area contributed by atoms with Gasteiger partial charge in [-0.05, 0) is 44.7 Å². The molecule has 4 heteroatoms. The molecule has 1 nitrogen and oxygen atoms in total. The van der Waals surface area contributed by atoms with E-state index in [2.05, 4.69) is 5.32 Å². The molecular formula is C14H15F2NS. The van der Waals surface area contributed by atoms with Crippen LogP contribution in [0.15, 0.2) is 24.3 Å². The maximum Gasteiger partial charge on any atom is 0.131 e. The minimum Gasteiger partial charge on any atom is -0.309 e. The fourth-order valence-electron chi connectivity index (χ4n) is 1.96. The molecule has 1 atom stereocenters. The van der Waals surface area contributed by atoms with Gasteiger partial charge >= 0.3 is 0 Å². The molecule has 0 saturated heterocycles. The molecule has 1 N–H and O–H groups in total. The SMILES string of the molecule is CNC(c1ccc(C)s1)c1cc(C)c(F)cc1F. The highest BCUT2D eigenvalue weighted by Gasteiger charge is 2.19. The number of hydrogen-bond acceptors (Lipinski definition) is 2. The Morgan fingerprint density at radius 2 is 1.83 bits per heavy atom. The van der Waals surface area contributed by atoms with E-state index in [9.17, 15) is 8.78 Å². The molecule has 0 aliphatic rings. The van der Waals surface area contributed by atoms with Crippen LogP contribution in [0.2, 0.25) is 0 Å². The second-order valence-corrected chi connectivity index (χ2v) is 5.61. The van der Waals surface area contributed by atoms with Crippen LogP contribution in [0.3, 0.4) is 0 Å². The first kappa shape index (κ1) is 13.2. The normalized spacial score (nSPS) is 12.7. The number of hydrogen-bond donors (Lipinski definition) is 1. The van der Waals surface area contributed by atoms with Gasteiger partial charge in [0.1, 0.15) is 11.6 Å². The third-order valence-corrected chi connectivity index (χ3v) is 3.99. The van der Waals surface area contributed by atoms with Crippen LogP contribution >= 0.6 is 11.3 Å². The van der Waals surface area contributed by atoms with Crippen molar-refractivity contribution < 1.29 is 8.78 Å². The minimum atomic E-state index is -0.511. The number of benzene rings is 1. The predicted molar refractivity (Wildman–Crippen MR) is 71.1 cm³/mol. The van der Waals surface area contributed by atoms with Gasteiger partial charge in [0.2, 0.25) is 0 Å². The fraction of sp³-hybridized carbons (Fsp3) is 0.286. The molecule has 2 rings (SSSR count). The van der Waals surface area contributed by atoms with Gasteiger partial charge in [-0.15, -0.1) is 11.3 Å². The number of nitrogens with one attached hydrogen (secondary N) is 1. The summed E-state index contributed by atoms with van der Waals surface area (Å²) in [6.45, 7) is 3.65. The topological polar surface area (TPSA) is 12.0 Å². The lowest BCUT2D eigenvalue weighted by Gasteiger charge is -2.16. The summed E-state index contributed by atoms with van der Waals surface area (Å²) in [6.07, 6.45) is 0. The van der Waals surface area contributed by atoms with Gasteiger partial charge in [-0.25, -0.2) is 8.78 Å². The van der Waals surface area contributed by atoms with Crippen LogP contribution in [-0.2, 0) is 0 Å². The maximum atomic E-state index is 13.9. The number of thiophene rings is 1. The van der Waals surface area contributed by atoms with Crippen LogP contribution in [-0.4, -0.2) is 7.05 Å². The van der Waals surface area contributed by atoms with Crippen LogP contribution in [0.4, 0.5) is 8.78 Å². The zero-order chi connectivity index (χ0) is 13.3. The van der Waals surface area contributed by atoms with Crippen molar-refractivity contribution in [3.05, 3.63) is 56.8 Å². The molecule has 0 amide bonds. The van der Waals surface area contributed by atoms with Crippen LogP contribution in [0.25, 0.3) is 0 Å². The molecule has 1 aromatic heterocycles. The molecule has 0 fully saturated rings. The highest BCUT2D eigenvalue weighted by atomic mass is 32.1. The molecule has 0 spiro atoms. The van der Waals surface area contributed by atoms with Crippen LogP contribution in [0, 0.1) is 25.5 Å². The van der Waals surface area contributed by atoms with E-state index >= 15 is 0 Å². The molecule has 1 unspecified atom stereocenters. The van der Waals surface area contributed by atoms with Crippen LogP contribution in [0.1, 0.15) is 26.9 Å². The molecule has 0 bridgehead atoms. The van der Waals surface area contributed by atoms with Gasteiger partial charge in [0.05, 0.1) is 6.04 Å². The van der Waals surface area contributed by atoms with Crippen molar-refractivity contribution in [3.63, 3.8) is 0 Å². The Bertz CT molecular complexity index is 563. The number of halogens is 2. The first-order valence-electron chi connectivity index (χ1n) is 5.72. The smallest absolute Gasteiger partial charge is 0.131 e. The van der Waals surface area contributed by atoms with E-state index in [1.54, 1.807) is 31.4 Å². The number of rotatable bonds is 3.